The molecule has 2 N–H and O–H groups in total. The van der Waals surface area contributed by atoms with Crippen molar-refractivity contribution >= 4 is 6.03 Å². The number of piperidine rings is 1. The van der Waals surface area contributed by atoms with Gasteiger partial charge in [-0.3, -0.25) is 0 Å². The highest BCUT2D eigenvalue weighted by atomic mass is 16.5. The number of rotatable bonds is 4. The lowest BCUT2D eigenvalue weighted by Crippen LogP contribution is -2.45. The van der Waals surface area contributed by atoms with E-state index in [-0.39, 0.29) is 12.1 Å². The summed E-state index contributed by atoms with van der Waals surface area (Å²) in [6.45, 7) is 5.75. The van der Waals surface area contributed by atoms with Crippen molar-refractivity contribution in [2.75, 3.05) is 20.2 Å². The molecule has 1 atom stereocenters. The van der Waals surface area contributed by atoms with Crippen molar-refractivity contribution in [3.63, 3.8) is 0 Å². The highest BCUT2D eigenvalue weighted by molar-refractivity contribution is 5.74. The second-order valence-corrected chi connectivity index (χ2v) is 6.03. The normalized spacial score (nSPS) is 17.2. The molecule has 122 valence electrons. The third-order valence-electron chi connectivity index (χ3n) is 4.41. The number of methoxy groups -OCH3 is 1. The number of hydrogen-bond donors (Lipinski definition) is 2. The van der Waals surface area contributed by atoms with E-state index in [9.17, 15) is 9.90 Å². The number of carbonyl (C=O) groups is 1. The molecular weight excluding hydrogens is 280 g/mol. The van der Waals surface area contributed by atoms with Crippen molar-refractivity contribution in [3.05, 3.63) is 29.3 Å². The van der Waals surface area contributed by atoms with Crippen LogP contribution in [0.2, 0.25) is 0 Å². The summed E-state index contributed by atoms with van der Waals surface area (Å²) in [4.78, 5) is 14.0. The number of carbonyl (C=O) groups excluding carboxylic acids is 1. The lowest BCUT2D eigenvalue weighted by molar-refractivity contribution is 0.0798. The molecule has 0 spiro atoms. The van der Waals surface area contributed by atoms with E-state index in [0.29, 0.717) is 25.6 Å². The van der Waals surface area contributed by atoms with Crippen LogP contribution in [0, 0.1) is 12.8 Å². The fourth-order valence-electron chi connectivity index (χ4n) is 2.92. The summed E-state index contributed by atoms with van der Waals surface area (Å²) in [5, 5.41) is 12.6. The van der Waals surface area contributed by atoms with Gasteiger partial charge >= 0.3 is 6.03 Å². The van der Waals surface area contributed by atoms with Crippen molar-refractivity contribution in [1.29, 1.82) is 0 Å². The molecule has 2 rings (SSSR count). The smallest absolute Gasteiger partial charge is 0.317 e. The Morgan fingerprint density at radius 3 is 2.68 bits per heavy atom. The minimum atomic E-state index is -0.285. The lowest BCUT2D eigenvalue weighted by atomic mass is 9.92. The Kier molecular flexibility index (Phi) is 5.66. The predicted octanol–water partition coefficient (Wildman–Crippen LogP) is 2.31. The van der Waals surface area contributed by atoms with E-state index in [1.807, 2.05) is 36.9 Å². The van der Waals surface area contributed by atoms with Gasteiger partial charge in [-0.1, -0.05) is 12.1 Å². The predicted molar refractivity (Wildman–Crippen MR) is 85.9 cm³/mol. The second-order valence-electron chi connectivity index (χ2n) is 6.03. The van der Waals surface area contributed by atoms with Gasteiger partial charge in [0.05, 0.1) is 13.2 Å². The first kappa shape index (κ1) is 16.6. The number of aryl methyl sites for hydroxylation is 1. The summed E-state index contributed by atoms with van der Waals surface area (Å²) in [6, 6.07) is 5.88. The summed E-state index contributed by atoms with van der Waals surface area (Å²) in [6.07, 6.45) is 1.45. The maximum Gasteiger partial charge on any atom is 0.317 e. The minimum absolute atomic E-state index is 0.0301. The molecule has 1 aromatic carbocycles. The largest absolute Gasteiger partial charge is 0.496 e. The van der Waals surface area contributed by atoms with Crippen molar-refractivity contribution in [2.24, 2.45) is 5.92 Å². The highest BCUT2D eigenvalue weighted by Gasteiger charge is 2.25. The third kappa shape index (κ3) is 4.13. The molecule has 22 heavy (non-hydrogen) atoms. The molecule has 1 unspecified atom stereocenters. The van der Waals surface area contributed by atoms with Gasteiger partial charge in [-0.2, -0.15) is 0 Å². The summed E-state index contributed by atoms with van der Waals surface area (Å²) in [5.74, 6) is 1.17. The molecule has 5 nitrogen and oxygen atoms in total. The molecule has 0 aliphatic carbocycles. The fraction of sp³-hybridized carbons (Fsp3) is 0.588. The summed E-state index contributed by atoms with van der Waals surface area (Å²) in [7, 11) is 1.65. The highest BCUT2D eigenvalue weighted by Crippen LogP contribution is 2.21. The Bertz CT molecular complexity index is 509. The number of nitrogens with one attached hydrogen (secondary N) is 1. The van der Waals surface area contributed by atoms with Gasteiger partial charge in [0.15, 0.2) is 0 Å². The van der Waals surface area contributed by atoms with Crippen LogP contribution in [0.15, 0.2) is 18.2 Å². The molecule has 5 heteroatoms. The standard InChI is InChI=1S/C17H26N2O3/c1-12-10-14(4-5-16(12)22-3)11-18-17(21)19-8-6-15(7-9-19)13(2)20/h4-5,10,13,15,20H,6-9,11H2,1-3H3,(H,18,21). The monoisotopic (exact) mass is 306 g/mol. The molecule has 1 heterocycles. The molecule has 1 aliphatic rings. The molecular formula is C17H26N2O3. The van der Waals surface area contributed by atoms with Gasteiger partial charge in [0.25, 0.3) is 0 Å². The van der Waals surface area contributed by atoms with Crippen molar-refractivity contribution in [2.45, 2.75) is 39.3 Å². The Labute approximate surface area is 132 Å². The molecule has 0 aromatic heterocycles. The first-order chi connectivity index (χ1) is 10.5. The Balaban J connectivity index is 1.82. The molecule has 1 fully saturated rings. The molecule has 1 saturated heterocycles. The van der Waals surface area contributed by atoms with E-state index in [4.69, 9.17) is 4.74 Å². The van der Waals surface area contributed by atoms with E-state index in [1.54, 1.807) is 7.11 Å². The van der Waals surface area contributed by atoms with Crippen LogP contribution < -0.4 is 10.1 Å². The van der Waals surface area contributed by atoms with Crippen LogP contribution in [0.5, 0.6) is 5.75 Å². The van der Waals surface area contributed by atoms with Crippen LogP contribution in [0.25, 0.3) is 0 Å². The average Bonchev–Trinajstić information content (AvgIpc) is 2.52. The number of amides is 2. The first-order valence-corrected chi connectivity index (χ1v) is 7.85. The summed E-state index contributed by atoms with van der Waals surface area (Å²) >= 11 is 0. The molecule has 1 aromatic rings. The third-order valence-corrected chi connectivity index (χ3v) is 4.41. The minimum Gasteiger partial charge on any atom is -0.496 e. The number of ether oxygens (including phenoxy) is 1. The zero-order valence-electron chi connectivity index (χ0n) is 13.6. The number of hydrogen-bond acceptors (Lipinski definition) is 3. The molecule has 0 saturated carbocycles. The Hall–Kier alpha value is -1.75. The molecule has 2 amide bonds. The van der Waals surface area contributed by atoms with Crippen LogP contribution in [0.4, 0.5) is 4.79 Å². The van der Waals surface area contributed by atoms with Gasteiger partial charge in [0.2, 0.25) is 0 Å². The summed E-state index contributed by atoms with van der Waals surface area (Å²) < 4.78 is 5.23. The van der Waals surface area contributed by atoms with Crippen molar-refractivity contribution in [1.82, 2.24) is 10.2 Å². The van der Waals surface area contributed by atoms with Crippen molar-refractivity contribution < 1.29 is 14.6 Å². The topological polar surface area (TPSA) is 61.8 Å². The van der Waals surface area contributed by atoms with Gasteiger partial charge in [0, 0.05) is 19.6 Å². The second kappa shape index (κ2) is 7.49. The average molecular weight is 306 g/mol. The number of aliphatic hydroxyl groups is 1. The fourth-order valence-corrected chi connectivity index (χ4v) is 2.92. The quantitative estimate of drug-likeness (QED) is 0.897. The van der Waals surface area contributed by atoms with Gasteiger partial charge < -0.3 is 20.1 Å². The maximum absolute atomic E-state index is 12.2. The maximum atomic E-state index is 12.2. The van der Waals surface area contributed by atoms with Gasteiger partial charge in [-0.05, 0) is 49.8 Å². The molecule has 0 radical (unpaired) electrons. The zero-order chi connectivity index (χ0) is 16.1. The van der Waals surface area contributed by atoms with E-state index in [2.05, 4.69) is 5.32 Å². The first-order valence-electron chi connectivity index (χ1n) is 7.85. The number of nitrogens with zero attached hydrogens (tertiary/aromatic N) is 1. The zero-order valence-corrected chi connectivity index (χ0v) is 13.6. The molecule has 0 bridgehead atoms. The Morgan fingerprint density at radius 2 is 2.14 bits per heavy atom. The molecule has 1 aliphatic heterocycles. The van der Waals surface area contributed by atoms with E-state index < -0.39 is 0 Å². The number of likely N-dealkylation sites (tertiary alicyclic amines) is 1. The SMILES string of the molecule is COc1ccc(CNC(=O)N2CCC(C(C)O)CC2)cc1C. The number of benzene rings is 1. The lowest BCUT2D eigenvalue weighted by Gasteiger charge is -2.33. The van der Waals surface area contributed by atoms with E-state index in [1.165, 1.54) is 0 Å². The summed E-state index contributed by atoms with van der Waals surface area (Å²) in [5.41, 5.74) is 2.12. The van der Waals surface area contributed by atoms with E-state index >= 15 is 0 Å². The van der Waals surface area contributed by atoms with Crippen LogP contribution in [0.3, 0.4) is 0 Å². The van der Waals surface area contributed by atoms with Gasteiger partial charge in [-0.25, -0.2) is 4.79 Å². The van der Waals surface area contributed by atoms with Gasteiger partial charge in [-0.15, -0.1) is 0 Å². The van der Waals surface area contributed by atoms with Crippen LogP contribution in [0.1, 0.15) is 30.9 Å². The number of urea groups is 1. The van der Waals surface area contributed by atoms with Crippen LogP contribution in [-0.4, -0.2) is 42.3 Å². The van der Waals surface area contributed by atoms with Gasteiger partial charge in [0.1, 0.15) is 5.75 Å². The van der Waals surface area contributed by atoms with E-state index in [0.717, 1.165) is 29.7 Å². The van der Waals surface area contributed by atoms with Crippen LogP contribution >= 0.6 is 0 Å². The van der Waals surface area contributed by atoms with Crippen LogP contribution in [-0.2, 0) is 6.54 Å². The number of aliphatic hydroxyl groups excluding tert-OH is 1. The van der Waals surface area contributed by atoms with Crippen molar-refractivity contribution in [3.8, 4) is 5.75 Å². The Morgan fingerprint density at radius 1 is 1.45 bits per heavy atom.